The summed E-state index contributed by atoms with van der Waals surface area (Å²) in [5, 5.41) is 17.1. The summed E-state index contributed by atoms with van der Waals surface area (Å²) in [6.45, 7) is 4.35. The van der Waals surface area contributed by atoms with Gasteiger partial charge in [-0.2, -0.15) is 5.26 Å². The first-order chi connectivity index (χ1) is 26.6. The highest BCUT2D eigenvalue weighted by atomic mass is 16.5. The zero-order valence-electron chi connectivity index (χ0n) is 32.2. The molecule has 0 saturated heterocycles. The Hall–Kier alpha value is -5.45. The first kappa shape index (κ1) is 42.3. The van der Waals surface area contributed by atoms with Crippen molar-refractivity contribution in [3.05, 3.63) is 82.9 Å². The Balaban J connectivity index is 1.79. The number of hydrogen-bond donors (Lipinski definition) is 5. The lowest BCUT2D eigenvalue weighted by atomic mass is 9.93. The molecular formula is C42H55N7O6. The summed E-state index contributed by atoms with van der Waals surface area (Å²) in [6, 6.07) is 16.5. The fourth-order valence-corrected chi connectivity index (χ4v) is 6.58. The average Bonchev–Trinajstić information content (AvgIpc) is 3.19. The number of unbranched alkanes of at least 4 members (excludes halogenated alkanes) is 5. The van der Waals surface area contributed by atoms with E-state index in [-0.39, 0.29) is 39.3 Å². The highest BCUT2D eigenvalue weighted by Gasteiger charge is 2.33. The molecular weight excluding hydrogens is 699 g/mol. The van der Waals surface area contributed by atoms with E-state index in [1.165, 1.54) is 37.5 Å². The first-order valence-corrected chi connectivity index (χ1v) is 19.2. The summed E-state index contributed by atoms with van der Waals surface area (Å²) in [6.07, 6.45) is 8.14. The summed E-state index contributed by atoms with van der Waals surface area (Å²) in [7, 11) is 1.55. The number of nitrogens with two attached hydrogens (primary N) is 2. The van der Waals surface area contributed by atoms with Crippen LogP contribution in [0.2, 0.25) is 0 Å². The molecule has 13 heteroatoms. The van der Waals surface area contributed by atoms with Gasteiger partial charge in [-0.05, 0) is 72.9 Å². The maximum absolute atomic E-state index is 14.3. The van der Waals surface area contributed by atoms with Crippen molar-refractivity contribution in [2.24, 2.45) is 11.5 Å². The predicted molar refractivity (Wildman–Crippen MR) is 211 cm³/mol. The molecule has 7 N–H and O–H groups in total. The molecule has 0 fully saturated rings. The van der Waals surface area contributed by atoms with Gasteiger partial charge in [-0.25, -0.2) is 0 Å². The number of hydrogen-bond acceptors (Lipinski definition) is 9. The maximum atomic E-state index is 14.3. The molecule has 0 unspecified atom stereocenters. The minimum Gasteiger partial charge on any atom is -0.492 e. The second kappa shape index (κ2) is 21.4. The molecule has 3 aromatic carbocycles. The fourth-order valence-electron chi connectivity index (χ4n) is 6.58. The number of nitrogens with one attached hydrogen (secondary N) is 3. The van der Waals surface area contributed by atoms with Gasteiger partial charge in [-0.15, -0.1) is 0 Å². The molecule has 1 aliphatic rings. The summed E-state index contributed by atoms with van der Waals surface area (Å²) >= 11 is 0. The summed E-state index contributed by atoms with van der Waals surface area (Å²) in [4.78, 5) is 56.5. The van der Waals surface area contributed by atoms with Crippen LogP contribution in [0.25, 0.3) is 11.1 Å². The van der Waals surface area contributed by atoms with Crippen molar-refractivity contribution in [3.8, 4) is 28.7 Å². The van der Waals surface area contributed by atoms with Crippen LogP contribution in [0.3, 0.4) is 0 Å². The van der Waals surface area contributed by atoms with Crippen LogP contribution in [0.1, 0.15) is 85.5 Å². The molecule has 4 bridgehead atoms. The predicted octanol–water partition coefficient (Wildman–Crippen LogP) is 3.93. The highest BCUT2D eigenvalue weighted by Crippen LogP contribution is 2.40. The van der Waals surface area contributed by atoms with Crippen molar-refractivity contribution < 1.29 is 28.7 Å². The van der Waals surface area contributed by atoms with E-state index in [0.717, 1.165) is 24.8 Å². The van der Waals surface area contributed by atoms with Crippen molar-refractivity contribution in [2.75, 3.05) is 39.9 Å². The summed E-state index contributed by atoms with van der Waals surface area (Å²) in [5.41, 5.74) is 15.4. The van der Waals surface area contributed by atoms with Crippen molar-refractivity contribution in [3.63, 3.8) is 0 Å². The van der Waals surface area contributed by atoms with Crippen LogP contribution >= 0.6 is 0 Å². The van der Waals surface area contributed by atoms with E-state index < -0.39 is 41.8 Å². The van der Waals surface area contributed by atoms with Gasteiger partial charge in [-0.3, -0.25) is 19.2 Å². The third-order valence-electron chi connectivity index (χ3n) is 9.55. The van der Waals surface area contributed by atoms with Crippen LogP contribution in [-0.2, 0) is 27.2 Å². The Morgan fingerprint density at radius 1 is 0.873 bits per heavy atom. The molecule has 3 atom stereocenters. The van der Waals surface area contributed by atoms with E-state index in [9.17, 15) is 19.2 Å². The van der Waals surface area contributed by atoms with Gasteiger partial charge >= 0.3 is 0 Å². The third kappa shape index (κ3) is 11.8. The minimum atomic E-state index is -1.19. The second-order valence-corrected chi connectivity index (χ2v) is 13.8. The van der Waals surface area contributed by atoms with Crippen molar-refractivity contribution in [1.82, 2.24) is 20.9 Å². The number of rotatable bonds is 17. The van der Waals surface area contributed by atoms with Gasteiger partial charge in [0.15, 0.2) is 0 Å². The van der Waals surface area contributed by atoms with Crippen molar-refractivity contribution >= 4 is 23.6 Å². The Labute approximate surface area is 324 Å². The van der Waals surface area contributed by atoms with Gasteiger partial charge in [0.05, 0.1) is 6.07 Å². The molecule has 3 aromatic rings. The Bertz CT molecular complexity index is 1810. The summed E-state index contributed by atoms with van der Waals surface area (Å²) < 4.78 is 12.2. The monoisotopic (exact) mass is 753 g/mol. The van der Waals surface area contributed by atoms with E-state index >= 15 is 0 Å². The fraction of sp³-hybridized carbons (Fsp3) is 0.452. The molecule has 294 valence electrons. The second-order valence-electron chi connectivity index (χ2n) is 13.8. The number of aryl methyl sites for hydroxylation is 1. The third-order valence-corrected chi connectivity index (χ3v) is 9.55. The smallest absolute Gasteiger partial charge is 0.254 e. The van der Waals surface area contributed by atoms with E-state index in [1.807, 2.05) is 24.3 Å². The average molecular weight is 754 g/mol. The van der Waals surface area contributed by atoms with Crippen LogP contribution in [-0.4, -0.2) is 80.5 Å². The van der Waals surface area contributed by atoms with E-state index in [4.69, 9.17) is 26.2 Å². The SMILES string of the molecule is CCCCCCCCc1ccc(C(=O)N(C)[C@@H]2C(=O)N[C@@H](C)C(=O)N[C@H](C(=O)NCC#N)Cc3ccc(OCCN)c(c3)-c3cc2ccc3OCCN)cc1. The van der Waals surface area contributed by atoms with Gasteiger partial charge in [0.2, 0.25) is 17.7 Å². The van der Waals surface area contributed by atoms with Crippen LogP contribution in [0.15, 0.2) is 60.7 Å². The van der Waals surface area contributed by atoms with Crippen LogP contribution in [0.4, 0.5) is 0 Å². The number of fused-ring (bicyclic) bond motifs is 5. The largest absolute Gasteiger partial charge is 0.492 e. The standard InChI is InChI=1S/C42H55N7O6/c1-4-5-6-7-8-9-10-29-11-14-31(15-12-29)42(53)49(3)38-32-16-18-37(55-24-21-45)34(27-32)33-25-30(13-17-36(33)54-23-20-44)26-35(40(51)46-22-19-43)48-39(50)28(2)47-41(38)52/h11-18,25,27-28,35,38H,4-10,20-24,26,44-45H2,1-3H3,(H,46,51)(H,47,52)(H,48,50)/t28-,35-,38-/m0/s1. The molecule has 55 heavy (non-hydrogen) atoms. The lowest BCUT2D eigenvalue weighted by molar-refractivity contribution is -0.133. The molecule has 0 saturated carbocycles. The van der Waals surface area contributed by atoms with E-state index in [0.29, 0.717) is 39.3 Å². The van der Waals surface area contributed by atoms with Crippen LogP contribution in [0.5, 0.6) is 11.5 Å². The molecule has 1 heterocycles. The number of benzene rings is 3. The molecule has 13 nitrogen and oxygen atoms in total. The number of nitriles is 1. The van der Waals surface area contributed by atoms with Crippen LogP contribution in [0, 0.1) is 11.3 Å². The number of carbonyl (C=O) groups excluding carboxylic acids is 4. The maximum Gasteiger partial charge on any atom is 0.254 e. The first-order valence-electron chi connectivity index (χ1n) is 19.2. The lowest BCUT2D eigenvalue weighted by Crippen LogP contribution is -2.55. The quantitative estimate of drug-likeness (QED) is 0.100. The highest BCUT2D eigenvalue weighted by molar-refractivity contribution is 5.99. The lowest BCUT2D eigenvalue weighted by Gasteiger charge is -2.30. The molecule has 0 aliphatic carbocycles. The van der Waals surface area contributed by atoms with Crippen LogP contribution < -0.4 is 36.9 Å². The van der Waals surface area contributed by atoms with Gasteiger partial charge in [0.25, 0.3) is 5.91 Å². The Kier molecular flexibility index (Phi) is 16.5. The van der Waals surface area contributed by atoms with Gasteiger partial charge < -0.3 is 41.8 Å². The van der Waals surface area contributed by atoms with Crippen molar-refractivity contribution in [1.29, 1.82) is 5.26 Å². The molecule has 4 amide bonds. The number of nitrogens with zero attached hydrogens (tertiary/aromatic N) is 2. The molecule has 0 radical (unpaired) electrons. The number of likely N-dealkylation sites (N-methyl/N-ethyl adjacent to an activating group) is 1. The van der Waals surface area contributed by atoms with E-state index in [1.54, 1.807) is 49.5 Å². The molecule has 4 rings (SSSR count). The summed E-state index contributed by atoms with van der Waals surface area (Å²) in [5.74, 6) is -1.28. The number of amides is 4. The zero-order chi connectivity index (χ0) is 39.7. The van der Waals surface area contributed by atoms with Gasteiger partial charge in [0, 0.05) is 43.2 Å². The Morgan fingerprint density at radius 2 is 1.51 bits per heavy atom. The Morgan fingerprint density at radius 3 is 2.16 bits per heavy atom. The molecule has 0 aromatic heterocycles. The topological polar surface area (TPSA) is 202 Å². The van der Waals surface area contributed by atoms with Gasteiger partial charge in [-0.1, -0.05) is 63.3 Å². The van der Waals surface area contributed by atoms with E-state index in [2.05, 4.69) is 22.9 Å². The number of ether oxygens (including phenoxy) is 2. The number of carbonyl (C=O) groups is 4. The minimum absolute atomic E-state index is 0.0597. The molecule has 1 aliphatic heterocycles. The zero-order valence-corrected chi connectivity index (χ0v) is 32.2. The van der Waals surface area contributed by atoms with Gasteiger partial charge in [0.1, 0.15) is 49.4 Å². The molecule has 0 spiro atoms. The normalized spacial score (nSPS) is 16.8. The van der Waals surface area contributed by atoms with Crippen molar-refractivity contribution in [2.45, 2.75) is 83.3 Å².